The average molecular weight is 324 g/mol. The summed E-state index contributed by atoms with van der Waals surface area (Å²) in [5.41, 5.74) is 0.516. The fraction of sp³-hybridized carbons (Fsp3) is 0.500. The Kier molecular flexibility index (Phi) is 6.62. The van der Waals surface area contributed by atoms with Gasteiger partial charge in [-0.1, -0.05) is 24.6 Å². The van der Waals surface area contributed by atoms with Crippen LogP contribution in [0.15, 0.2) is 23.1 Å². The molecule has 0 aliphatic carbocycles. The Hall–Kier alpha value is -0.270. The van der Waals surface area contributed by atoms with Gasteiger partial charge >= 0.3 is 0 Å². The van der Waals surface area contributed by atoms with Crippen LogP contribution >= 0.6 is 23.4 Å². The molecule has 1 atom stereocenters. The number of hydrogen-bond donors (Lipinski definition) is 2. The Labute approximate surface area is 123 Å². The summed E-state index contributed by atoms with van der Waals surface area (Å²) in [5, 5.41) is 9.58. The molecule has 0 aliphatic rings. The van der Waals surface area contributed by atoms with E-state index in [9.17, 15) is 8.42 Å². The summed E-state index contributed by atoms with van der Waals surface area (Å²) in [4.78, 5) is 0.0116. The van der Waals surface area contributed by atoms with Crippen LogP contribution in [0.25, 0.3) is 0 Å². The van der Waals surface area contributed by atoms with Crippen LogP contribution in [0.5, 0.6) is 0 Å². The van der Waals surface area contributed by atoms with Gasteiger partial charge in [-0.2, -0.15) is 11.8 Å². The maximum absolute atomic E-state index is 12.1. The van der Waals surface area contributed by atoms with Crippen LogP contribution in [0.3, 0.4) is 0 Å². The number of hydrogen-bond acceptors (Lipinski definition) is 4. The Bertz CT molecular complexity index is 520. The molecule has 0 fully saturated rings. The van der Waals surface area contributed by atoms with Crippen molar-refractivity contribution in [3.8, 4) is 0 Å². The van der Waals surface area contributed by atoms with Gasteiger partial charge in [-0.05, 0) is 30.4 Å². The van der Waals surface area contributed by atoms with Crippen molar-refractivity contribution < 1.29 is 13.5 Å². The Morgan fingerprint density at radius 3 is 2.74 bits per heavy atom. The summed E-state index contributed by atoms with van der Waals surface area (Å²) in [7, 11) is -3.63. The molecular weight excluding hydrogens is 306 g/mol. The van der Waals surface area contributed by atoms with Gasteiger partial charge in [0, 0.05) is 11.8 Å². The number of rotatable bonds is 7. The van der Waals surface area contributed by atoms with Crippen molar-refractivity contribution >= 4 is 33.4 Å². The summed E-state index contributed by atoms with van der Waals surface area (Å²) in [6, 6.07) is 4.46. The first-order valence-electron chi connectivity index (χ1n) is 5.82. The van der Waals surface area contributed by atoms with Gasteiger partial charge in [0.1, 0.15) is 4.90 Å². The molecule has 7 heteroatoms. The number of benzene rings is 1. The molecule has 108 valence electrons. The minimum Gasteiger partial charge on any atom is -0.392 e. The molecule has 0 saturated carbocycles. The highest BCUT2D eigenvalue weighted by atomic mass is 35.5. The fourth-order valence-corrected chi connectivity index (χ4v) is 3.39. The summed E-state index contributed by atoms with van der Waals surface area (Å²) in [6.45, 7) is 2.19. The van der Waals surface area contributed by atoms with E-state index in [0.717, 1.165) is 6.42 Å². The molecule has 0 amide bonds. The van der Waals surface area contributed by atoms with Crippen molar-refractivity contribution in [2.75, 3.05) is 12.8 Å². The first-order valence-corrected chi connectivity index (χ1v) is 8.97. The highest BCUT2D eigenvalue weighted by molar-refractivity contribution is 7.99. The van der Waals surface area contributed by atoms with E-state index in [4.69, 9.17) is 16.7 Å². The first-order chi connectivity index (χ1) is 8.90. The molecule has 1 aromatic rings. The van der Waals surface area contributed by atoms with E-state index >= 15 is 0 Å². The molecule has 0 radical (unpaired) electrons. The Morgan fingerprint density at radius 2 is 2.16 bits per heavy atom. The van der Waals surface area contributed by atoms with Crippen LogP contribution in [0, 0.1) is 0 Å². The summed E-state index contributed by atoms with van der Waals surface area (Å²) in [5.74, 6) is 0. The van der Waals surface area contributed by atoms with Gasteiger partial charge in [0.15, 0.2) is 0 Å². The summed E-state index contributed by atoms with van der Waals surface area (Å²) in [6.07, 6.45) is 2.73. The van der Waals surface area contributed by atoms with E-state index in [0.29, 0.717) is 17.4 Å². The summed E-state index contributed by atoms with van der Waals surface area (Å²) >= 11 is 7.59. The van der Waals surface area contributed by atoms with Crippen molar-refractivity contribution in [2.24, 2.45) is 0 Å². The van der Waals surface area contributed by atoms with Gasteiger partial charge in [0.05, 0.1) is 11.6 Å². The van der Waals surface area contributed by atoms with E-state index in [1.165, 1.54) is 12.1 Å². The maximum Gasteiger partial charge on any atom is 0.242 e. The number of aliphatic hydroxyl groups is 1. The summed E-state index contributed by atoms with van der Waals surface area (Å²) < 4.78 is 26.7. The predicted molar refractivity (Wildman–Crippen MR) is 80.2 cm³/mol. The molecule has 1 rings (SSSR count). The number of thioether (sulfide) groups is 1. The lowest BCUT2D eigenvalue weighted by atomic mass is 10.2. The third-order valence-electron chi connectivity index (χ3n) is 2.71. The zero-order valence-electron chi connectivity index (χ0n) is 10.9. The number of halogens is 1. The molecule has 0 spiro atoms. The lowest BCUT2D eigenvalue weighted by Gasteiger charge is -2.11. The highest BCUT2D eigenvalue weighted by Crippen LogP contribution is 2.22. The number of nitrogens with one attached hydrogen (secondary N) is 1. The molecule has 0 saturated heterocycles. The van der Waals surface area contributed by atoms with Crippen molar-refractivity contribution in [2.45, 2.75) is 30.1 Å². The van der Waals surface area contributed by atoms with Gasteiger partial charge in [0.25, 0.3) is 0 Å². The monoisotopic (exact) mass is 323 g/mol. The zero-order chi connectivity index (χ0) is 14.5. The standard InChI is InChI=1S/C12H18ClNO3S2/c1-9(18-2)5-6-14-19(16,17)12-7-10(8-15)3-4-11(12)13/h3-4,7,9,14-15H,5-6,8H2,1-2H3. The van der Waals surface area contributed by atoms with E-state index in [2.05, 4.69) is 4.72 Å². The fourth-order valence-electron chi connectivity index (χ4n) is 1.44. The molecular formula is C12H18ClNO3S2. The molecule has 1 unspecified atom stereocenters. The van der Waals surface area contributed by atoms with Crippen LogP contribution in [-0.4, -0.2) is 31.6 Å². The minimum atomic E-state index is -3.63. The zero-order valence-corrected chi connectivity index (χ0v) is 13.3. The molecule has 1 aromatic carbocycles. The normalized spacial score (nSPS) is 13.5. The second kappa shape index (κ2) is 7.50. The van der Waals surface area contributed by atoms with Crippen molar-refractivity contribution in [3.63, 3.8) is 0 Å². The Balaban J connectivity index is 2.82. The smallest absolute Gasteiger partial charge is 0.242 e. The second-order valence-electron chi connectivity index (χ2n) is 4.16. The first kappa shape index (κ1) is 16.8. The third kappa shape index (κ3) is 4.96. The lowest BCUT2D eigenvalue weighted by molar-refractivity contribution is 0.281. The second-order valence-corrected chi connectivity index (χ2v) is 7.57. The van der Waals surface area contributed by atoms with Gasteiger partial charge in [-0.3, -0.25) is 0 Å². The van der Waals surface area contributed by atoms with Crippen LogP contribution in [-0.2, 0) is 16.6 Å². The molecule has 2 N–H and O–H groups in total. The minimum absolute atomic E-state index is 0.0116. The van der Waals surface area contributed by atoms with Crippen molar-refractivity contribution in [3.05, 3.63) is 28.8 Å². The largest absolute Gasteiger partial charge is 0.392 e. The van der Waals surface area contributed by atoms with Gasteiger partial charge < -0.3 is 5.11 Å². The van der Waals surface area contributed by atoms with E-state index in [-0.39, 0.29) is 16.5 Å². The van der Waals surface area contributed by atoms with Gasteiger partial charge in [0.2, 0.25) is 10.0 Å². The molecule has 0 aromatic heterocycles. The average Bonchev–Trinajstić information content (AvgIpc) is 2.38. The van der Waals surface area contributed by atoms with Crippen molar-refractivity contribution in [1.82, 2.24) is 4.72 Å². The topological polar surface area (TPSA) is 66.4 Å². The maximum atomic E-state index is 12.1. The van der Waals surface area contributed by atoms with Crippen LogP contribution in [0.4, 0.5) is 0 Å². The molecule has 0 aliphatic heterocycles. The number of aliphatic hydroxyl groups excluding tert-OH is 1. The highest BCUT2D eigenvalue weighted by Gasteiger charge is 2.18. The van der Waals surface area contributed by atoms with E-state index < -0.39 is 10.0 Å². The van der Waals surface area contributed by atoms with Crippen LogP contribution in [0.1, 0.15) is 18.9 Å². The Morgan fingerprint density at radius 1 is 1.47 bits per heavy atom. The van der Waals surface area contributed by atoms with Crippen molar-refractivity contribution in [1.29, 1.82) is 0 Å². The molecule has 19 heavy (non-hydrogen) atoms. The quantitative estimate of drug-likeness (QED) is 0.807. The van der Waals surface area contributed by atoms with Crippen LogP contribution < -0.4 is 4.72 Å². The molecule has 0 bridgehead atoms. The van der Waals surface area contributed by atoms with Crippen LogP contribution in [0.2, 0.25) is 5.02 Å². The van der Waals surface area contributed by atoms with Gasteiger partial charge in [-0.15, -0.1) is 0 Å². The number of sulfonamides is 1. The molecule has 4 nitrogen and oxygen atoms in total. The lowest BCUT2D eigenvalue weighted by Crippen LogP contribution is -2.26. The molecule has 0 heterocycles. The van der Waals surface area contributed by atoms with E-state index in [1.807, 2.05) is 13.2 Å². The van der Waals surface area contributed by atoms with Gasteiger partial charge in [-0.25, -0.2) is 13.1 Å². The third-order valence-corrected chi connectivity index (χ3v) is 5.70. The predicted octanol–water partition coefficient (Wildman–Crippen LogP) is 2.25. The van der Waals surface area contributed by atoms with E-state index in [1.54, 1.807) is 17.8 Å². The SMILES string of the molecule is CSC(C)CCNS(=O)(=O)c1cc(CO)ccc1Cl.